The number of non-ortho nitro benzene ring substituents is 1. The Bertz CT molecular complexity index is 436. The Morgan fingerprint density at radius 3 is 2.37 bits per heavy atom. The van der Waals surface area contributed by atoms with Crippen LogP contribution >= 0.6 is 0 Å². The van der Waals surface area contributed by atoms with Gasteiger partial charge in [-0.3, -0.25) is 10.1 Å². The summed E-state index contributed by atoms with van der Waals surface area (Å²) in [7, 11) is 0. The van der Waals surface area contributed by atoms with Gasteiger partial charge in [0, 0.05) is 18.2 Å². The molecular weight excluding hydrogens is 240 g/mol. The molecule has 2 rings (SSSR count). The minimum Gasteiger partial charge on any atom is -0.327 e. The second-order valence-electron chi connectivity index (χ2n) is 5.66. The van der Waals surface area contributed by atoms with E-state index in [9.17, 15) is 10.1 Å². The van der Waals surface area contributed by atoms with Crippen LogP contribution in [0.1, 0.15) is 44.6 Å². The third-order valence-corrected chi connectivity index (χ3v) is 4.69. The van der Waals surface area contributed by atoms with Crippen LogP contribution in [-0.4, -0.2) is 11.0 Å². The predicted molar refractivity (Wildman–Crippen MR) is 76.0 cm³/mol. The van der Waals surface area contributed by atoms with Crippen molar-refractivity contribution >= 4 is 5.69 Å². The van der Waals surface area contributed by atoms with Gasteiger partial charge in [-0.25, -0.2) is 0 Å². The second kappa shape index (κ2) is 5.70. The molecule has 0 aromatic heterocycles. The summed E-state index contributed by atoms with van der Waals surface area (Å²) in [5, 5.41) is 10.6. The molecule has 1 saturated carbocycles. The maximum absolute atomic E-state index is 10.6. The molecular formula is C15H22N2O2. The van der Waals surface area contributed by atoms with Gasteiger partial charge in [0.2, 0.25) is 0 Å². The minimum atomic E-state index is -0.367. The van der Waals surface area contributed by atoms with E-state index < -0.39 is 0 Å². The Kier molecular flexibility index (Phi) is 4.20. The smallest absolute Gasteiger partial charge is 0.269 e. The lowest BCUT2D eigenvalue weighted by Gasteiger charge is -2.34. The number of nitro groups is 1. The normalized spacial score (nSPS) is 19.3. The van der Waals surface area contributed by atoms with Gasteiger partial charge in [-0.2, -0.15) is 0 Å². The van der Waals surface area contributed by atoms with Crippen molar-refractivity contribution in [3.8, 4) is 0 Å². The molecule has 0 aliphatic heterocycles. The van der Waals surface area contributed by atoms with Crippen molar-refractivity contribution in [3.63, 3.8) is 0 Å². The Morgan fingerprint density at radius 2 is 1.89 bits per heavy atom. The highest BCUT2D eigenvalue weighted by Crippen LogP contribution is 2.43. The van der Waals surface area contributed by atoms with Crippen molar-refractivity contribution < 1.29 is 4.92 Å². The summed E-state index contributed by atoms with van der Waals surface area (Å²) in [4.78, 5) is 10.3. The first kappa shape index (κ1) is 14.0. The lowest BCUT2D eigenvalue weighted by atomic mass is 9.74. The maximum atomic E-state index is 10.6. The molecule has 1 aromatic rings. The summed E-state index contributed by atoms with van der Waals surface area (Å²) < 4.78 is 0. The van der Waals surface area contributed by atoms with Crippen molar-refractivity contribution in [2.45, 2.75) is 51.5 Å². The van der Waals surface area contributed by atoms with E-state index in [2.05, 4.69) is 6.92 Å². The lowest BCUT2D eigenvalue weighted by Crippen LogP contribution is -2.41. The first-order valence-corrected chi connectivity index (χ1v) is 7.06. The molecule has 4 heteroatoms. The number of benzene rings is 1. The molecule has 1 aromatic carbocycles. The monoisotopic (exact) mass is 262 g/mol. The van der Waals surface area contributed by atoms with Crippen LogP contribution < -0.4 is 5.73 Å². The van der Waals surface area contributed by atoms with Gasteiger partial charge >= 0.3 is 0 Å². The predicted octanol–water partition coefficient (Wildman–Crippen LogP) is 3.44. The van der Waals surface area contributed by atoms with Gasteiger partial charge < -0.3 is 5.73 Å². The Hall–Kier alpha value is -1.42. The summed E-state index contributed by atoms with van der Waals surface area (Å²) >= 11 is 0. The summed E-state index contributed by atoms with van der Waals surface area (Å²) in [5.41, 5.74) is 7.94. The first-order valence-electron chi connectivity index (χ1n) is 7.06. The molecule has 104 valence electrons. The molecule has 0 radical (unpaired) electrons. The van der Waals surface area contributed by atoms with Gasteiger partial charge in [0.1, 0.15) is 0 Å². The minimum absolute atomic E-state index is 0.142. The Balaban J connectivity index is 2.05. The van der Waals surface area contributed by atoms with E-state index in [0.29, 0.717) is 0 Å². The van der Waals surface area contributed by atoms with E-state index in [1.165, 1.54) is 25.7 Å². The van der Waals surface area contributed by atoms with Gasteiger partial charge in [0.25, 0.3) is 5.69 Å². The van der Waals surface area contributed by atoms with Crippen LogP contribution in [0, 0.1) is 15.5 Å². The first-order chi connectivity index (χ1) is 9.07. The highest BCUT2D eigenvalue weighted by Gasteiger charge is 2.37. The van der Waals surface area contributed by atoms with Crippen LogP contribution in [0.3, 0.4) is 0 Å². The molecule has 0 amide bonds. The van der Waals surface area contributed by atoms with Crippen molar-refractivity contribution in [3.05, 3.63) is 39.9 Å². The van der Waals surface area contributed by atoms with E-state index >= 15 is 0 Å². The number of hydrogen-bond donors (Lipinski definition) is 1. The molecule has 1 aliphatic carbocycles. The van der Waals surface area contributed by atoms with Crippen LogP contribution in [0.25, 0.3) is 0 Å². The number of rotatable bonds is 5. The highest BCUT2D eigenvalue weighted by molar-refractivity contribution is 5.33. The molecule has 1 atom stereocenters. The van der Waals surface area contributed by atoms with E-state index in [1.807, 2.05) is 12.1 Å². The molecule has 1 unspecified atom stereocenters. The lowest BCUT2D eigenvalue weighted by molar-refractivity contribution is -0.384. The summed E-state index contributed by atoms with van der Waals surface area (Å²) in [6, 6.07) is 6.94. The highest BCUT2D eigenvalue weighted by atomic mass is 16.6. The van der Waals surface area contributed by atoms with Crippen molar-refractivity contribution in [1.82, 2.24) is 0 Å². The van der Waals surface area contributed by atoms with E-state index in [-0.39, 0.29) is 22.1 Å². The van der Waals surface area contributed by atoms with Gasteiger partial charge in [0.15, 0.2) is 0 Å². The second-order valence-corrected chi connectivity index (χ2v) is 5.66. The Labute approximate surface area is 114 Å². The van der Waals surface area contributed by atoms with E-state index in [1.54, 1.807) is 12.1 Å². The molecule has 0 spiro atoms. The fraction of sp³-hybridized carbons (Fsp3) is 0.600. The molecule has 0 heterocycles. The van der Waals surface area contributed by atoms with Crippen LogP contribution in [-0.2, 0) is 6.42 Å². The summed E-state index contributed by atoms with van der Waals surface area (Å²) in [6.45, 7) is 2.22. The number of nitrogens with two attached hydrogens (primary N) is 1. The van der Waals surface area contributed by atoms with Crippen LogP contribution in [0.4, 0.5) is 5.69 Å². The maximum Gasteiger partial charge on any atom is 0.269 e. The number of hydrogen-bond acceptors (Lipinski definition) is 3. The molecule has 1 aliphatic rings. The molecule has 1 fully saturated rings. The van der Waals surface area contributed by atoms with Gasteiger partial charge in [0.05, 0.1) is 4.92 Å². The molecule has 19 heavy (non-hydrogen) atoms. The van der Waals surface area contributed by atoms with Crippen LogP contribution in [0.5, 0.6) is 0 Å². The van der Waals surface area contributed by atoms with Gasteiger partial charge in [-0.15, -0.1) is 0 Å². The average Bonchev–Trinajstić information content (AvgIpc) is 2.89. The van der Waals surface area contributed by atoms with Crippen molar-refractivity contribution in [2.75, 3.05) is 0 Å². The van der Waals surface area contributed by atoms with Crippen molar-refractivity contribution in [1.29, 1.82) is 0 Å². The zero-order valence-electron chi connectivity index (χ0n) is 11.5. The molecule has 0 bridgehead atoms. The van der Waals surface area contributed by atoms with Gasteiger partial charge in [-0.05, 0) is 36.7 Å². The number of nitro benzene ring substituents is 1. The standard InChI is InChI=1S/C15H22N2O2/c1-2-15(9-3-4-10-15)14(16)11-12-5-7-13(8-6-12)17(18)19/h5-8,14H,2-4,9-11,16H2,1H3. The summed E-state index contributed by atoms with van der Waals surface area (Å²) in [5.74, 6) is 0. The fourth-order valence-corrected chi connectivity index (χ4v) is 3.29. The number of nitrogens with zero attached hydrogens (tertiary/aromatic N) is 1. The van der Waals surface area contributed by atoms with E-state index in [0.717, 1.165) is 18.4 Å². The fourth-order valence-electron chi connectivity index (χ4n) is 3.29. The van der Waals surface area contributed by atoms with Crippen LogP contribution in [0.2, 0.25) is 0 Å². The Morgan fingerprint density at radius 1 is 1.32 bits per heavy atom. The van der Waals surface area contributed by atoms with Gasteiger partial charge in [-0.1, -0.05) is 31.9 Å². The zero-order chi connectivity index (χ0) is 13.9. The van der Waals surface area contributed by atoms with E-state index in [4.69, 9.17) is 5.73 Å². The SMILES string of the molecule is CCC1(C(N)Cc2ccc([N+](=O)[O-])cc2)CCCC1. The molecule has 4 nitrogen and oxygen atoms in total. The summed E-state index contributed by atoms with van der Waals surface area (Å²) in [6.07, 6.45) is 6.94. The largest absolute Gasteiger partial charge is 0.327 e. The van der Waals surface area contributed by atoms with Crippen LogP contribution in [0.15, 0.2) is 24.3 Å². The quantitative estimate of drug-likeness (QED) is 0.652. The third kappa shape index (κ3) is 2.95. The molecule has 0 saturated heterocycles. The average molecular weight is 262 g/mol. The third-order valence-electron chi connectivity index (χ3n) is 4.69. The molecule has 2 N–H and O–H groups in total. The topological polar surface area (TPSA) is 69.2 Å². The zero-order valence-corrected chi connectivity index (χ0v) is 11.5. The van der Waals surface area contributed by atoms with Crippen molar-refractivity contribution in [2.24, 2.45) is 11.1 Å².